The lowest BCUT2D eigenvalue weighted by atomic mass is 9.88. The van der Waals surface area contributed by atoms with Crippen LogP contribution in [0.3, 0.4) is 0 Å². The molecule has 0 saturated carbocycles. The van der Waals surface area contributed by atoms with E-state index in [1.54, 1.807) is 6.07 Å². The highest BCUT2D eigenvalue weighted by Gasteiger charge is 2.27. The number of carbonyl (C=O) groups excluding carboxylic acids is 1. The number of hydrogen-bond acceptors (Lipinski definition) is 4. The van der Waals surface area contributed by atoms with Crippen molar-refractivity contribution in [2.75, 3.05) is 25.4 Å². The van der Waals surface area contributed by atoms with Gasteiger partial charge in [0.1, 0.15) is 11.5 Å². The molecule has 2 aromatic rings. The van der Waals surface area contributed by atoms with Crippen LogP contribution in [0.2, 0.25) is 0 Å². The van der Waals surface area contributed by atoms with Crippen LogP contribution in [0.1, 0.15) is 68.9 Å². The minimum absolute atomic E-state index is 0.0765. The topological polar surface area (TPSA) is 75.0 Å². The van der Waals surface area contributed by atoms with Gasteiger partial charge in [-0.25, -0.2) is 4.98 Å². The molecule has 0 aromatic carbocycles. The largest absolute Gasteiger partial charge is 0.385 e. The lowest BCUT2D eigenvalue weighted by Gasteiger charge is -2.36. The molecule has 5 heteroatoms. The number of nitrogens with two attached hydrogens (primary N) is 1. The first-order valence-corrected chi connectivity index (χ1v) is 9.32. The number of fused-ring (bicyclic) bond motifs is 1. The SMILES string of the molecule is CCC(=O)c1ccc2[nH]c(N)c(C3CCN(CC(C)(C)C)CC3)c2n1. The Labute approximate surface area is 150 Å². The summed E-state index contributed by atoms with van der Waals surface area (Å²) in [5.41, 5.74) is 10.1. The number of hydrogen-bond donors (Lipinski definition) is 2. The van der Waals surface area contributed by atoms with Gasteiger partial charge in [0.25, 0.3) is 0 Å². The molecule has 3 heterocycles. The number of nitrogens with one attached hydrogen (secondary N) is 1. The van der Waals surface area contributed by atoms with Crippen molar-refractivity contribution in [1.82, 2.24) is 14.9 Å². The number of rotatable bonds is 4. The number of nitrogen functional groups attached to an aromatic ring is 1. The van der Waals surface area contributed by atoms with Crippen molar-refractivity contribution in [3.8, 4) is 0 Å². The van der Waals surface area contributed by atoms with E-state index in [1.165, 1.54) is 0 Å². The van der Waals surface area contributed by atoms with E-state index in [-0.39, 0.29) is 5.78 Å². The van der Waals surface area contributed by atoms with Gasteiger partial charge in [-0.2, -0.15) is 0 Å². The van der Waals surface area contributed by atoms with E-state index in [4.69, 9.17) is 5.73 Å². The van der Waals surface area contributed by atoms with Crippen LogP contribution in [0, 0.1) is 5.41 Å². The smallest absolute Gasteiger partial charge is 0.180 e. The van der Waals surface area contributed by atoms with Crippen molar-refractivity contribution in [2.24, 2.45) is 5.41 Å². The highest BCUT2D eigenvalue weighted by molar-refractivity contribution is 5.97. The fourth-order valence-electron chi connectivity index (χ4n) is 3.91. The molecule has 3 rings (SSSR count). The molecule has 1 aliphatic heterocycles. The van der Waals surface area contributed by atoms with Crippen molar-refractivity contribution in [3.63, 3.8) is 0 Å². The van der Waals surface area contributed by atoms with Crippen molar-refractivity contribution in [2.45, 2.75) is 52.9 Å². The molecule has 5 nitrogen and oxygen atoms in total. The zero-order valence-corrected chi connectivity index (χ0v) is 15.9. The second kappa shape index (κ2) is 6.79. The summed E-state index contributed by atoms with van der Waals surface area (Å²) in [5, 5.41) is 0. The number of aromatic amines is 1. The third-order valence-electron chi connectivity index (χ3n) is 5.01. The number of anilines is 1. The Hall–Kier alpha value is -1.88. The summed E-state index contributed by atoms with van der Waals surface area (Å²) in [6, 6.07) is 3.72. The first kappa shape index (κ1) is 17.9. The monoisotopic (exact) mass is 342 g/mol. The Balaban J connectivity index is 1.84. The van der Waals surface area contributed by atoms with E-state index in [2.05, 4.69) is 35.6 Å². The van der Waals surface area contributed by atoms with Crippen molar-refractivity contribution in [1.29, 1.82) is 0 Å². The first-order valence-electron chi connectivity index (χ1n) is 9.32. The Morgan fingerprint density at radius 3 is 2.60 bits per heavy atom. The summed E-state index contributed by atoms with van der Waals surface area (Å²) < 4.78 is 0. The van der Waals surface area contributed by atoms with E-state index < -0.39 is 0 Å². The average molecular weight is 342 g/mol. The van der Waals surface area contributed by atoms with Crippen molar-refractivity contribution >= 4 is 22.6 Å². The number of likely N-dealkylation sites (tertiary alicyclic amines) is 1. The summed E-state index contributed by atoms with van der Waals surface area (Å²) in [7, 11) is 0. The normalized spacial score (nSPS) is 17.3. The van der Waals surface area contributed by atoms with Gasteiger partial charge in [-0.15, -0.1) is 0 Å². The Morgan fingerprint density at radius 1 is 1.32 bits per heavy atom. The number of aromatic nitrogens is 2. The van der Waals surface area contributed by atoms with Gasteiger partial charge in [0, 0.05) is 18.5 Å². The summed E-state index contributed by atoms with van der Waals surface area (Å²) in [6.45, 7) is 12.0. The van der Waals surface area contributed by atoms with Crippen LogP contribution < -0.4 is 5.73 Å². The number of pyridine rings is 1. The zero-order chi connectivity index (χ0) is 18.2. The van der Waals surface area contributed by atoms with Crippen LogP contribution in [0.25, 0.3) is 11.0 Å². The number of ketones is 1. The second-order valence-electron chi connectivity index (χ2n) is 8.43. The average Bonchev–Trinajstić information content (AvgIpc) is 2.88. The molecule has 0 unspecified atom stereocenters. The molecule has 0 bridgehead atoms. The molecule has 1 saturated heterocycles. The van der Waals surface area contributed by atoms with Gasteiger partial charge in [0.05, 0.1) is 11.0 Å². The van der Waals surface area contributed by atoms with Gasteiger partial charge in [-0.1, -0.05) is 27.7 Å². The van der Waals surface area contributed by atoms with Gasteiger partial charge >= 0.3 is 0 Å². The molecular weight excluding hydrogens is 312 g/mol. The fraction of sp³-hybridized carbons (Fsp3) is 0.600. The van der Waals surface area contributed by atoms with Gasteiger partial charge in [0.15, 0.2) is 5.78 Å². The van der Waals surface area contributed by atoms with Crippen molar-refractivity contribution < 1.29 is 4.79 Å². The van der Waals surface area contributed by atoms with Crippen LogP contribution in [0.4, 0.5) is 5.82 Å². The molecule has 136 valence electrons. The predicted molar refractivity (Wildman–Crippen MR) is 103 cm³/mol. The molecule has 0 atom stereocenters. The van der Waals surface area contributed by atoms with Gasteiger partial charge in [-0.05, 0) is 49.4 Å². The Bertz CT molecular complexity index is 764. The third-order valence-corrected chi connectivity index (χ3v) is 5.01. The summed E-state index contributed by atoms with van der Waals surface area (Å²) in [5.74, 6) is 1.19. The minimum atomic E-state index is 0.0765. The quantitative estimate of drug-likeness (QED) is 0.825. The summed E-state index contributed by atoms with van der Waals surface area (Å²) >= 11 is 0. The Morgan fingerprint density at radius 2 is 2.00 bits per heavy atom. The molecule has 2 aromatic heterocycles. The molecule has 25 heavy (non-hydrogen) atoms. The van der Waals surface area contributed by atoms with Crippen LogP contribution in [-0.2, 0) is 0 Å². The number of piperidine rings is 1. The fourth-order valence-corrected chi connectivity index (χ4v) is 3.91. The van der Waals surface area contributed by atoms with E-state index in [9.17, 15) is 4.79 Å². The maximum absolute atomic E-state index is 12.0. The zero-order valence-electron chi connectivity index (χ0n) is 15.9. The predicted octanol–water partition coefficient (Wildman–Crippen LogP) is 3.96. The van der Waals surface area contributed by atoms with Crippen LogP contribution in [-0.4, -0.2) is 40.3 Å². The summed E-state index contributed by atoms with van der Waals surface area (Å²) in [4.78, 5) is 22.5. The molecule has 1 aliphatic rings. The van der Waals surface area contributed by atoms with Gasteiger partial charge < -0.3 is 15.6 Å². The van der Waals surface area contributed by atoms with Gasteiger partial charge in [0.2, 0.25) is 0 Å². The minimum Gasteiger partial charge on any atom is -0.385 e. The number of carbonyl (C=O) groups is 1. The van der Waals surface area contributed by atoms with Crippen LogP contribution in [0.5, 0.6) is 0 Å². The lowest BCUT2D eigenvalue weighted by molar-refractivity contribution is 0.0983. The highest BCUT2D eigenvalue weighted by Crippen LogP contribution is 2.37. The van der Waals surface area contributed by atoms with E-state index >= 15 is 0 Å². The number of Topliss-reactive ketones (excluding diaryl/α,β-unsaturated/α-hetero) is 1. The standard InChI is InChI=1S/C20H30N4O/c1-5-16(25)14-6-7-15-18(22-14)17(19(21)23-15)13-8-10-24(11-9-13)12-20(2,3)4/h6-7,13,23H,5,8-12,21H2,1-4H3. The number of H-pyrrole nitrogens is 1. The maximum atomic E-state index is 12.0. The molecule has 0 radical (unpaired) electrons. The third kappa shape index (κ3) is 3.87. The molecule has 0 spiro atoms. The molecular formula is C20H30N4O. The summed E-state index contributed by atoms with van der Waals surface area (Å²) in [6.07, 6.45) is 2.64. The van der Waals surface area contributed by atoms with E-state index in [1.807, 2.05) is 13.0 Å². The highest BCUT2D eigenvalue weighted by atomic mass is 16.1. The Kier molecular flexibility index (Phi) is 4.87. The second-order valence-corrected chi connectivity index (χ2v) is 8.43. The number of nitrogens with zero attached hydrogens (tertiary/aromatic N) is 2. The van der Waals surface area contributed by atoms with Gasteiger partial charge in [-0.3, -0.25) is 4.79 Å². The van der Waals surface area contributed by atoms with Crippen LogP contribution >= 0.6 is 0 Å². The maximum Gasteiger partial charge on any atom is 0.180 e. The molecule has 0 amide bonds. The van der Waals surface area contributed by atoms with Crippen LogP contribution in [0.15, 0.2) is 12.1 Å². The molecule has 1 fully saturated rings. The first-order chi connectivity index (χ1) is 11.8. The van der Waals surface area contributed by atoms with Crippen molar-refractivity contribution in [3.05, 3.63) is 23.4 Å². The molecule has 0 aliphatic carbocycles. The van der Waals surface area contributed by atoms with E-state index in [0.29, 0.717) is 29.3 Å². The molecule has 3 N–H and O–H groups in total. The lowest BCUT2D eigenvalue weighted by Crippen LogP contribution is -2.38. The van der Waals surface area contributed by atoms with E-state index in [0.717, 1.165) is 49.1 Å².